The van der Waals surface area contributed by atoms with Crippen molar-refractivity contribution in [1.82, 2.24) is 5.32 Å². The molecule has 1 atom stereocenters. The molecule has 0 radical (unpaired) electrons. The van der Waals surface area contributed by atoms with Gasteiger partial charge in [0, 0.05) is 25.1 Å². The number of nitrogens with one attached hydrogen (secondary N) is 1. The lowest BCUT2D eigenvalue weighted by atomic mass is 9.95. The molecular weight excluding hydrogens is 214 g/mol. The van der Waals surface area contributed by atoms with E-state index in [-0.39, 0.29) is 17.6 Å². The summed E-state index contributed by atoms with van der Waals surface area (Å²) in [5.41, 5.74) is 0.225. The molecular formula is C14H27NO2. The first kappa shape index (κ1) is 13.3. The summed E-state index contributed by atoms with van der Waals surface area (Å²) in [6.45, 7) is 6.18. The van der Waals surface area contributed by atoms with Crippen LogP contribution in [0.25, 0.3) is 0 Å². The standard InChI is InChI=1S/C14H27NO2/c1-13(2,11-16)10-15-9-12-5-8-14(17-12)6-3-4-7-14/h12,15-16H,3-11H2,1-2H3. The Balaban J connectivity index is 1.68. The van der Waals surface area contributed by atoms with Crippen molar-refractivity contribution in [3.05, 3.63) is 0 Å². The second kappa shape index (κ2) is 5.25. The molecule has 1 aliphatic heterocycles. The molecule has 0 bridgehead atoms. The smallest absolute Gasteiger partial charge is 0.0708 e. The molecule has 3 nitrogen and oxygen atoms in total. The summed E-state index contributed by atoms with van der Waals surface area (Å²) < 4.78 is 6.23. The van der Waals surface area contributed by atoms with Crippen LogP contribution in [0, 0.1) is 5.41 Å². The van der Waals surface area contributed by atoms with Crippen LogP contribution < -0.4 is 5.32 Å². The van der Waals surface area contributed by atoms with E-state index in [2.05, 4.69) is 19.2 Å². The Morgan fingerprint density at radius 3 is 2.65 bits per heavy atom. The van der Waals surface area contributed by atoms with Gasteiger partial charge in [0.25, 0.3) is 0 Å². The molecule has 2 rings (SSSR count). The van der Waals surface area contributed by atoms with Crippen molar-refractivity contribution in [2.75, 3.05) is 19.7 Å². The van der Waals surface area contributed by atoms with E-state index in [0.717, 1.165) is 13.1 Å². The molecule has 0 aromatic rings. The SMILES string of the molecule is CC(C)(CO)CNCC1CCC2(CCCC2)O1. The number of hydrogen-bond acceptors (Lipinski definition) is 3. The lowest BCUT2D eigenvalue weighted by Gasteiger charge is -2.26. The van der Waals surface area contributed by atoms with Gasteiger partial charge in [-0.1, -0.05) is 26.7 Å². The van der Waals surface area contributed by atoms with Gasteiger partial charge in [-0.15, -0.1) is 0 Å². The largest absolute Gasteiger partial charge is 0.396 e. The Morgan fingerprint density at radius 1 is 1.29 bits per heavy atom. The van der Waals surface area contributed by atoms with Crippen molar-refractivity contribution in [3.63, 3.8) is 0 Å². The molecule has 1 saturated carbocycles. The third kappa shape index (κ3) is 3.43. The zero-order valence-corrected chi connectivity index (χ0v) is 11.3. The molecule has 100 valence electrons. The Bertz CT molecular complexity index is 247. The average Bonchev–Trinajstić information content (AvgIpc) is 2.90. The number of ether oxygens (including phenoxy) is 1. The van der Waals surface area contributed by atoms with E-state index in [1.165, 1.54) is 38.5 Å². The minimum atomic E-state index is -0.0242. The van der Waals surface area contributed by atoms with Crippen molar-refractivity contribution < 1.29 is 9.84 Å². The second-order valence-corrected chi connectivity index (χ2v) is 6.62. The maximum atomic E-state index is 9.18. The third-order valence-corrected chi connectivity index (χ3v) is 4.26. The highest BCUT2D eigenvalue weighted by atomic mass is 16.5. The summed E-state index contributed by atoms with van der Waals surface area (Å²) in [6.07, 6.45) is 8.07. The van der Waals surface area contributed by atoms with Crippen molar-refractivity contribution in [2.24, 2.45) is 5.41 Å². The van der Waals surface area contributed by atoms with Crippen LogP contribution >= 0.6 is 0 Å². The molecule has 2 fully saturated rings. The highest BCUT2D eigenvalue weighted by Crippen LogP contribution is 2.43. The molecule has 17 heavy (non-hydrogen) atoms. The Labute approximate surface area is 105 Å². The monoisotopic (exact) mass is 241 g/mol. The van der Waals surface area contributed by atoms with E-state index in [9.17, 15) is 5.11 Å². The fourth-order valence-electron chi connectivity index (χ4n) is 3.05. The van der Waals surface area contributed by atoms with Gasteiger partial charge in [0.05, 0.1) is 11.7 Å². The van der Waals surface area contributed by atoms with Crippen LogP contribution in [-0.2, 0) is 4.74 Å². The minimum absolute atomic E-state index is 0.0242. The lowest BCUT2D eigenvalue weighted by Crippen LogP contribution is -2.37. The molecule has 1 heterocycles. The molecule has 0 aromatic heterocycles. The van der Waals surface area contributed by atoms with Crippen molar-refractivity contribution >= 4 is 0 Å². The fraction of sp³-hybridized carbons (Fsp3) is 1.00. The van der Waals surface area contributed by atoms with Crippen LogP contribution in [0.3, 0.4) is 0 Å². The van der Waals surface area contributed by atoms with E-state index in [1.54, 1.807) is 0 Å². The predicted molar refractivity (Wildman–Crippen MR) is 69.0 cm³/mol. The van der Waals surface area contributed by atoms with Gasteiger partial charge < -0.3 is 15.2 Å². The average molecular weight is 241 g/mol. The second-order valence-electron chi connectivity index (χ2n) is 6.62. The summed E-state index contributed by atoms with van der Waals surface area (Å²) in [7, 11) is 0. The van der Waals surface area contributed by atoms with Gasteiger partial charge in [0.15, 0.2) is 0 Å². The van der Waals surface area contributed by atoms with Gasteiger partial charge in [-0.25, -0.2) is 0 Å². The summed E-state index contributed by atoms with van der Waals surface area (Å²) in [5.74, 6) is 0. The van der Waals surface area contributed by atoms with E-state index >= 15 is 0 Å². The molecule has 1 aliphatic carbocycles. The molecule has 1 saturated heterocycles. The van der Waals surface area contributed by atoms with Crippen LogP contribution in [0.1, 0.15) is 52.4 Å². The molecule has 0 aromatic carbocycles. The molecule has 0 amide bonds. The van der Waals surface area contributed by atoms with Gasteiger partial charge >= 0.3 is 0 Å². The van der Waals surface area contributed by atoms with Gasteiger partial charge in [0.2, 0.25) is 0 Å². The molecule has 1 unspecified atom stereocenters. The number of aliphatic hydroxyl groups is 1. The van der Waals surface area contributed by atoms with Crippen LogP contribution in [0.4, 0.5) is 0 Å². The van der Waals surface area contributed by atoms with E-state index < -0.39 is 0 Å². The van der Waals surface area contributed by atoms with Gasteiger partial charge in [0.1, 0.15) is 0 Å². The maximum Gasteiger partial charge on any atom is 0.0708 e. The first-order chi connectivity index (χ1) is 8.05. The van der Waals surface area contributed by atoms with Crippen LogP contribution in [0.15, 0.2) is 0 Å². The van der Waals surface area contributed by atoms with Crippen molar-refractivity contribution in [3.8, 4) is 0 Å². The predicted octanol–water partition coefficient (Wildman–Crippen LogP) is 2.09. The number of rotatable bonds is 5. The lowest BCUT2D eigenvalue weighted by molar-refractivity contribution is -0.0358. The van der Waals surface area contributed by atoms with Gasteiger partial charge in [-0.05, 0) is 25.7 Å². The van der Waals surface area contributed by atoms with Gasteiger partial charge in [-0.2, -0.15) is 0 Å². The number of hydrogen-bond donors (Lipinski definition) is 2. The van der Waals surface area contributed by atoms with Crippen molar-refractivity contribution in [2.45, 2.75) is 64.1 Å². The summed E-state index contributed by atoms with van der Waals surface area (Å²) in [5, 5.41) is 12.6. The highest BCUT2D eigenvalue weighted by Gasteiger charge is 2.41. The molecule has 2 aliphatic rings. The Kier molecular flexibility index (Phi) is 4.11. The van der Waals surface area contributed by atoms with Gasteiger partial charge in [-0.3, -0.25) is 0 Å². The summed E-state index contributed by atoms with van der Waals surface area (Å²) in [4.78, 5) is 0. The maximum absolute atomic E-state index is 9.18. The summed E-state index contributed by atoms with van der Waals surface area (Å²) in [6, 6.07) is 0. The van der Waals surface area contributed by atoms with Crippen LogP contribution in [0.2, 0.25) is 0 Å². The third-order valence-electron chi connectivity index (χ3n) is 4.26. The van der Waals surface area contributed by atoms with Crippen LogP contribution in [0.5, 0.6) is 0 Å². The normalized spacial score (nSPS) is 28.1. The van der Waals surface area contributed by atoms with Crippen molar-refractivity contribution in [1.29, 1.82) is 0 Å². The molecule has 1 spiro atoms. The Hall–Kier alpha value is -0.120. The van der Waals surface area contributed by atoms with E-state index in [0.29, 0.717) is 6.10 Å². The first-order valence-electron chi connectivity index (χ1n) is 7.05. The topological polar surface area (TPSA) is 41.5 Å². The first-order valence-corrected chi connectivity index (χ1v) is 7.05. The molecule has 3 heteroatoms. The van der Waals surface area contributed by atoms with E-state index in [1.807, 2.05) is 0 Å². The van der Waals surface area contributed by atoms with Crippen LogP contribution in [-0.4, -0.2) is 36.5 Å². The minimum Gasteiger partial charge on any atom is -0.396 e. The quantitative estimate of drug-likeness (QED) is 0.774. The molecule has 2 N–H and O–H groups in total. The van der Waals surface area contributed by atoms with E-state index in [4.69, 9.17) is 4.74 Å². The highest BCUT2D eigenvalue weighted by molar-refractivity contribution is 4.93. The zero-order valence-electron chi connectivity index (χ0n) is 11.3. The zero-order chi connectivity index (χ0) is 12.4. The fourth-order valence-corrected chi connectivity index (χ4v) is 3.05. The Morgan fingerprint density at radius 2 is 2.00 bits per heavy atom. The number of aliphatic hydroxyl groups excluding tert-OH is 1. The summed E-state index contributed by atoms with van der Waals surface area (Å²) >= 11 is 0.